The van der Waals surface area contributed by atoms with Gasteiger partial charge in [0.2, 0.25) is 0 Å². The highest BCUT2D eigenvalue weighted by molar-refractivity contribution is 6.07. The van der Waals surface area contributed by atoms with Crippen LogP contribution in [0.5, 0.6) is 11.8 Å². The molecule has 8 rings (SSSR count). The van der Waals surface area contributed by atoms with Crippen LogP contribution in [0, 0.1) is 5.82 Å². The number of aromatic nitrogens is 2. The third kappa shape index (κ3) is 6.46. The van der Waals surface area contributed by atoms with Crippen LogP contribution in [0.1, 0.15) is 69.7 Å². The lowest BCUT2D eigenvalue weighted by molar-refractivity contribution is -0.124. The molecule has 3 atom stereocenters. The summed E-state index contributed by atoms with van der Waals surface area (Å²) in [6.07, 6.45) is 2.18. The number of imide groups is 1. The van der Waals surface area contributed by atoms with E-state index in [1.54, 1.807) is 32.0 Å². The minimum absolute atomic E-state index is 0.155. The predicted octanol–water partition coefficient (Wildman–Crippen LogP) is 4.95. The molecule has 0 aliphatic carbocycles. The first-order valence-corrected chi connectivity index (χ1v) is 18.6. The summed E-state index contributed by atoms with van der Waals surface area (Å²) in [6.45, 7) is 8.48. The Hall–Kier alpha value is -4.79. The number of urea groups is 1. The molecule has 0 saturated carbocycles. The van der Waals surface area contributed by atoms with Gasteiger partial charge in [-0.25, -0.2) is 18.4 Å². The van der Waals surface area contributed by atoms with Gasteiger partial charge in [-0.2, -0.15) is 9.97 Å². The molecule has 5 aliphatic rings. The zero-order chi connectivity index (χ0) is 37.1. The molecule has 13 nitrogen and oxygen atoms in total. The van der Waals surface area contributed by atoms with Gasteiger partial charge in [-0.05, 0) is 82.0 Å². The molecular weight excluding hydrogens is 688 g/mol. The van der Waals surface area contributed by atoms with Gasteiger partial charge in [-0.3, -0.25) is 15.0 Å². The first-order valence-electron chi connectivity index (χ1n) is 18.6. The van der Waals surface area contributed by atoms with Crippen molar-refractivity contribution in [2.24, 2.45) is 0 Å². The molecule has 6 heterocycles. The Labute approximate surface area is 306 Å². The lowest BCUT2D eigenvalue weighted by atomic mass is 9.88. The monoisotopic (exact) mass is 733 g/mol. The summed E-state index contributed by atoms with van der Waals surface area (Å²) < 4.78 is 47.2. The number of benzene rings is 2. The fourth-order valence-electron chi connectivity index (χ4n) is 9.05. The molecule has 2 N–H and O–H groups in total. The third-order valence-corrected chi connectivity index (χ3v) is 11.4. The fraction of sp³-hybridized carbons (Fsp3) is 0.553. The molecule has 3 aromatic rings. The lowest BCUT2D eigenvalue weighted by Crippen LogP contribution is -2.59. The van der Waals surface area contributed by atoms with Crippen molar-refractivity contribution in [3.63, 3.8) is 0 Å². The maximum absolute atomic E-state index is 15.3. The van der Waals surface area contributed by atoms with Gasteiger partial charge < -0.3 is 29.3 Å². The number of piperidine rings is 1. The number of carbonyl (C=O) groups excluding carboxylic acids is 3. The van der Waals surface area contributed by atoms with Crippen LogP contribution in [0.2, 0.25) is 0 Å². The zero-order valence-corrected chi connectivity index (χ0v) is 30.3. The van der Waals surface area contributed by atoms with Gasteiger partial charge in [0, 0.05) is 48.8 Å². The minimum atomic E-state index is -1.07. The smallest absolute Gasteiger partial charge is 0.461 e. The number of alkyl halides is 1. The minimum Gasteiger partial charge on any atom is -0.461 e. The Bertz CT molecular complexity index is 1980. The second-order valence-electron chi connectivity index (χ2n) is 15.2. The predicted molar refractivity (Wildman–Crippen MR) is 192 cm³/mol. The molecule has 0 radical (unpaired) electrons. The number of nitrogens with one attached hydrogen (secondary N) is 2. The molecule has 2 aromatic carbocycles. The molecule has 0 bridgehead atoms. The molecule has 4 fully saturated rings. The number of amides is 3. The normalized spacial score (nSPS) is 25.5. The summed E-state index contributed by atoms with van der Waals surface area (Å²) in [5, 5.41) is 6.68. The number of anilines is 2. The first-order chi connectivity index (χ1) is 25.5. The Morgan fingerprint density at radius 3 is 2.70 bits per heavy atom. The second-order valence-corrected chi connectivity index (χ2v) is 15.2. The number of halogens is 2. The summed E-state index contributed by atoms with van der Waals surface area (Å²) >= 11 is 0. The van der Waals surface area contributed by atoms with Gasteiger partial charge in [0.1, 0.15) is 35.7 Å². The topological polar surface area (TPSA) is 138 Å². The van der Waals surface area contributed by atoms with Gasteiger partial charge in [0.25, 0.3) is 5.91 Å². The van der Waals surface area contributed by atoms with Crippen molar-refractivity contribution < 1.29 is 37.4 Å². The number of hydrogen-bond acceptors (Lipinski definition) is 11. The number of rotatable bonds is 8. The Morgan fingerprint density at radius 2 is 1.92 bits per heavy atom. The zero-order valence-electron chi connectivity index (χ0n) is 30.3. The van der Waals surface area contributed by atoms with Crippen molar-refractivity contribution in [1.29, 1.82) is 0 Å². The highest BCUT2D eigenvalue weighted by Gasteiger charge is 2.51. The summed E-state index contributed by atoms with van der Waals surface area (Å²) in [4.78, 5) is 54.0. The van der Waals surface area contributed by atoms with Crippen LogP contribution in [0.4, 0.5) is 29.9 Å². The van der Waals surface area contributed by atoms with E-state index >= 15 is 4.39 Å². The van der Waals surface area contributed by atoms with E-state index in [1.165, 1.54) is 6.07 Å². The first kappa shape index (κ1) is 35.3. The maximum Gasteiger partial charge on any atom is 0.514 e. The number of ether oxygens (including phenoxy) is 3. The van der Waals surface area contributed by atoms with Gasteiger partial charge >= 0.3 is 18.2 Å². The van der Waals surface area contributed by atoms with Crippen molar-refractivity contribution in [2.45, 2.75) is 95.6 Å². The van der Waals surface area contributed by atoms with E-state index in [2.05, 4.69) is 20.4 Å². The van der Waals surface area contributed by atoms with Crippen molar-refractivity contribution in [3.8, 4) is 11.8 Å². The van der Waals surface area contributed by atoms with E-state index < -0.39 is 29.4 Å². The molecule has 3 amide bonds. The average Bonchev–Trinajstić information content (AvgIpc) is 3.74. The SMILES string of the molecule is CCc1c(F)ccc2cc(OC(=O)OC(C)C)cc(N3CCc4c(nc(OC[C@@]56CCCN5C[C@H](F)C6)nc4N4CCC[C@]5(C4)NC(=O)NC5=O)C3)c12. The lowest BCUT2D eigenvalue weighted by Gasteiger charge is -2.40. The van der Waals surface area contributed by atoms with E-state index in [0.29, 0.717) is 86.4 Å². The van der Waals surface area contributed by atoms with Crippen molar-refractivity contribution in [3.05, 3.63) is 46.9 Å². The van der Waals surface area contributed by atoms with Crippen LogP contribution in [-0.4, -0.2) is 95.6 Å². The van der Waals surface area contributed by atoms with Crippen LogP contribution in [0.25, 0.3) is 10.8 Å². The molecule has 4 saturated heterocycles. The second kappa shape index (κ2) is 13.6. The summed E-state index contributed by atoms with van der Waals surface area (Å²) in [5.74, 6) is 0.220. The van der Waals surface area contributed by atoms with Crippen LogP contribution < -0.4 is 29.9 Å². The van der Waals surface area contributed by atoms with Crippen molar-refractivity contribution in [2.75, 3.05) is 49.1 Å². The Morgan fingerprint density at radius 1 is 1.09 bits per heavy atom. The summed E-state index contributed by atoms with van der Waals surface area (Å²) in [7, 11) is 0. The number of fused-ring (bicyclic) bond motifs is 3. The van der Waals surface area contributed by atoms with E-state index in [0.717, 1.165) is 30.3 Å². The van der Waals surface area contributed by atoms with Crippen LogP contribution >= 0.6 is 0 Å². The van der Waals surface area contributed by atoms with Gasteiger partial charge in [0.05, 0.1) is 30.4 Å². The largest absolute Gasteiger partial charge is 0.514 e. The van der Waals surface area contributed by atoms with Crippen molar-refractivity contribution >= 4 is 40.4 Å². The summed E-state index contributed by atoms with van der Waals surface area (Å²) in [5.41, 5.74) is 1.32. The molecule has 1 spiro atoms. The summed E-state index contributed by atoms with van der Waals surface area (Å²) in [6, 6.07) is 6.20. The van der Waals surface area contributed by atoms with E-state index in [1.807, 2.05) is 11.8 Å². The molecule has 53 heavy (non-hydrogen) atoms. The molecule has 5 aliphatic heterocycles. The Balaban J connectivity index is 1.18. The molecular formula is C38H45F2N7O6. The number of aryl methyl sites for hydroxylation is 1. The van der Waals surface area contributed by atoms with Gasteiger partial charge in [-0.1, -0.05) is 13.0 Å². The fourth-order valence-corrected chi connectivity index (χ4v) is 9.05. The van der Waals surface area contributed by atoms with E-state index in [-0.39, 0.29) is 42.7 Å². The highest BCUT2D eigenvalue weighted by Crippen LogP contribution is 2.42. The van der Waals surface area contributed by atoms with Gasteiger partial charge in [-0.15, -0.1) is 0 Å². The van der Waals surface area contributed by atoms with E-state index in [9.17, 15) is 18.8 Å². The van der Waals surface area contributed by atoms with Crippen LogP contribution in [0.15, 0.2) is 24.3 Å². The molecule has 282 valence electrons. The number of hydrogen-bond donors (Lipinski definition) is 2. The average molecular weight is 734 g/mol. The van der Waals surface area contributed by atoms with Crippen molar-refractivity contribution in [1.82, 2.24) is 25.5 Å². The van der Waals surface area contributed by atoms with Gasteiger partial charge in [0.15, 0.2) is 0 Å². The number of nitrogens with zero attached hydrogens (tertiary/aromatic N) is 5. The highest BCUT2D eigenvalue weighted by atomic mass is 19.1. The number of carbonyl (C=O) groups is 3. The van der Waals surface area contributed by atoms with E-state index in [4.69, 9.17) is 24.2 Å². The quantitative estimate of drug-likeness (QED) is 0.185. The van der Waals surface area contributed by atoms with Crippen LogP contribution in [-0.2, 0) is 28.9 Å². The van der Waals surface area contributed by atoms with Crippen LogP contribution in [0.3, 0.4) is 0 Å². The molecule has 0 unspecified atom stereocenters. The molecule has 1 aromatic heterocycles. The molecule has 15 heteroatoms. The third-order valence-electron chi connectivity index (χ3n) is 11.4. The standard InChI is InChI=1S/C38H45F2N7O6/c1-4-26-28(40)8-7-23-15-25(53-36(50)52-22(2)3)16-30(31(23)26)45-14-9-27-29(19-45)41-35(51-21-37-10-5-13-47(37)18-24(39)17-37)42-32(27)46-12-6-11-38(20-46)33(48)43-34(49)44-38/h7-8,15-16,22,24H,4-6,9-14,17-21H2,1-3H3,(H2,43,44,48,49)/t24-,37+,38-/m1/s1. The maximum atomic E-state index is 15.3. The Kier molecular flexibility index (Phi) is 9.02.